The van der Waals surface area contributed by atoms with Crippen LogP contribution in [0.25, 0.3) is 0 Å². The summed E-state index contributed by atoms with van der Waals surface area (Å²) in [6.07, 6.45) is 1.73. The summed E-state index contributed by atoms with van der Waals surface area (Å²) >= 11 is 0. The number of carbonyl (C=O) groups excluding carboxylic acids is 1. The van der Waals surface area contributed by atoms with Gasteiger partial charge >= 0.3 is 5.97 Å². The zero-order chi connectivity index (χ0) is 18.5. The Hall–Kier alpha value is -1.55. The number of hydrogen-bond donors (Lipinski definition) is 2. The molecule has 0 bridgehead atoms. The maximum Gasteiger partial charge on any atom is 0.306 e. The van der Waals surface area contributed by atoms with Gasteiger partial charge in [0.05, 0.1) is 6.61 Å². The Bertz CT molecular complexity index is 568. The molecule has 1 rings (SSSR count). The standard InChI is InChI=1S/C20H32O4/c1-7-20(5,6)16-13-14(8-9-17(22)24-11-10-21)12-15(18(16)23)19(2,3)4/h12-13,21,23H,7-11H2,1-6H3. The SMILES string of the molecule is CCC(C)(C)c1cc(CCC(=O)OCCO)cc(C(C)(C)C)c1O. The van der Waals surface area contributed by atoms with Gasteiger partial charge in [0, 0.05) is 12.0 Å². The highest BCUT2D eigenvalue weighted by atomic mass is 16.5. The minimum absolute atomic E-state index is 0.0375. The lowest BCUT2D eigenvalue weighted by atomic mass is 9.76. The molecule has 0 atom stereocenters. The van der Waals surface area contributed by atoms with Crippen LogP contribution in [-0.4, -0.2) is 29.4 Å². The van der Waals surface area contributed by atoms with E-state index in [1.165, 1.54) is 0 Å². The second-order valence-electron chi connectivity index (χ2n) is 7.97. The van der Waals surface area contributed by atoms with Crippen LogP contribution < -0.4 is 0 Å². The normalized spacial score (nSPS) is 12.3. The van der Waals surface area contributed by atoms with Crippen LogP contribution in [0.5, 0.6) is 5.75 Å². The lowest BCUT2D eigenvalue weighted by molar-refractivity contribution is -0.144. The van der Waals surface area contributed by atoms with E-state index in [4.69, 9.17) is 9.84 Å². The molecule has 1 aromatic carbocycles. The molecule has 4 nitrogen and oxygen atoms in total. The Kier molecular flexibility index (Phi) is 6.85. The molecule has 0 spiro atoms. The predicted octanol–water partition coefficient (Wildman–Crippen LogP) is 3.85. The Balaban J connectivity index is 3.17. The number of benzene rings is 1. The fourth-order valence-corrected chi connectivity index (χ4v) is 2.59. The molecule has 0 aliphatic heterocycles. The van der Waals surface area contributed by atoms with Crippen molar-refractivity contribution in [2.75, 3.05) is 13.2 Å². The monoisotopic (exact) mass is 336 g/mol. The van der Waals surface area contributed by atoms with Gasteiger partial charge in [0.25, 0.3) is 0 Å². The van der Waals surface area contributed by atoms with Crippen molar-refractivity contribution in [1.29, 1.82) is 0 Å². The van der Waals surface area contributed by atoms with E-state index in [1.807, 2.05) is 12.1 Å². The first-order chi connectivity index (χ1) is 11.0. The number of hydrogen-bond acceptors (Lipinski definition) is 4. The second kappa shape index (κ2) is 8.02. The van der Waals surface area contributed by atoms with E-state index in [0.29, 0.717) is 12.2 Å². The van der Waals surface area contributed by atoms with Gasteiger partial charge in [0.2, 0.25) is 0 Å². The first-order valence-electron chi connectivity index (χ1n) is 8.66. The molecule has 0 heterocycles. The molecule has 4 heteroatoms. The van der Waals surface area contributed by atoms with Crippen molar-refractivity contribution in [1.82, 2.24) is 0 Å². The molecule has 0 saturated carbocycles. The summed E-state index contributed by atoms with van der Waals surface area (Å²) in [6.45, 7) is 12.4. The molecule has 0 fully saturated rings. The molecule has 2 N–H and O–H groups in total. The number of phenols is 1. The maximum absolute atomic E-state index is 11.7. The third-order valence-corrected chi connectivity index (χ3v) is 4.56. The van der Waals surface area contributed by atoms with Gasteiger partial charge in [-0.3, -0.25) is 4.79 Å². The molecular weight excluding hydrogens is 304 g/mol. The van der Waals surface area contributed by atoms with E-state index in [0.717, 1.165) is 23.1 Å². The molecule has 1 aromatic rings. The van der Waals surface area contributed by atoms with Crippen molar-refractivity contribution in [3.05, 3.63) is 28.8 Å². The Morgan fingerprint density at radius 2 is 1.71 bits per heavy atom. The number of ether oxygens (including phenoxy) is 1. The Labute approximate surface area is 145 Å². The summed E-state index contributed by atoms with van der Waals surface area (Å²) < 4.78 is 4.91. The van der Waals surface area contributed by atoms with Gasteiger partial charge in [-0.1, -0.05) is 53.7 Å². The van der Waals surface area contributed by atoms with E-state index < -0.39 is 0 Å². The number of carbonyl (C=O) groups is 1. The molecular formula is C20H32O4. The zero-order valence-corrected chi connectivity index (χ0v) is 15.9. The first kappa shape index (κ1) is 20.5. The van der Waals surface area contributed by atoms with Gasteiger partial charge < -0.3 is 14.9 Å². The fourth-order valence-electron chi connectivity index (χ4n) is 2.59. The van der Waals surface area contributed by atoms with Crippen LogP contribution >= 0.6 is 0 Å². The van der Waals surface area contributed by atoms with Crippen molar-refractivity contribution in [2.24, 2.45) is 0 Å². The summed E-state index contributed by atoms with van der Waals surface area (Å²) in [5.41, 5.74) is 2.53. The lowest BCUT2D eigenvalue weighted by Crippen LogP contribution is -2.20. The van der Waals surface area contributed by atoms with Gasteiger partial charge in [-0.2, -0.15) is 0 Å². The van der Waals surface area contributed by atoms with Crippen LogP contribution in [0, 0.1) is 0 Å². The number of aryl methyl sites for hydroxylation is 1. The predicted molar refractivity (Wildman–Crippen MR) is 96.5 cm³/mol. The minimum atomic E-state index is -0.314. The molecule has 136 valence electrons. The average Bonchev–Trinajstić information content (AvgIpc) is 2.50. The van der Waals surface area contributed by atoms with E-state index in [-0.39, 0.29) is 36.4 Å². The second-order valence-corrected chi connectivity index (χ2v) is 7.97. The number of aromatic hydroxyl groups is 1. The van der Waals surface area contributed by atoms with Gasteiger partial charge in [-0.15, -0.1) is 0 Å². The molecule has 0 aliphatic rings. The fraction of sp³-hybridized carbons (Fsp3) is 0.650. The third kappa shape index (κ3) is 5.23. The number of phenolic OH excluding ortho intramolecular Hbond substituents is 1. The zero-order valence-electron chi connectivity index (χ0n) is 15.9. The smallest absolute Gasteiger partial charge is 0.306 e. The number of esters is 1. The van der Waals surface area contributed by atoms with Gasteiger partial charge in [-0.05, 0) is 34.8 Å². The molecule has 0 aliphatic carbocycles. The lowest BCUT2D eigenvalue weighted by Gasteiger charge is -2.30. The topological polar surface area (TPSA) is 66.8 Å². The van der Waals surface area contributed by atoms with Crippen molar-refractivity contribution < 1.29 is 19.7 Å². The molecule has 24 heavy (non-hydrogen) atoms. The van der Waals surface area contributed by atoms with Crippen LogP contribution in [0.1, 0.15) is 71.1 Å². The van der Waals surface area contributed by atoms with Crippen LogP contribution in [0.3, 0.4) is 0 Å². The summed E-state index contributed by atoms with van der Waals surface area (Å²) in [5.74, 6) is 0.0479. The average molecular weight is 336 g/mol. The third-order valence-electron chi connectivity index (χ3n) is 4.56. The summed E-state index contributed by atoms with van der Waals surface area (Å²) in [7, 11) is 0. The minimum Gasteiger partial charge on any atom is -0.507 e. The quantitative estimate of drug-likeness (QED) is 0.742. The van der Waals surface area contributed by atoms with Crippen molar-refractivity contribution >= 4 is 5.97 Å². The summed E-state index contributed by atoms with van der Waals surface area (Å²) in [4.78, 5) is 11.7. The van der Waals surface area contributed by atoms with E-state index in [9.17, 15) is 9.90 Å². The van der Waals surface area contributed by atoms with E-state index >= 15 is 0 Å². The van der Waals surface area contributed by atoms with Crippen LogP contribution in [0.4, 0.5) is 0 Å². The number of aliphatic hydroxyl groups is 1. The molecule has 0 unspecified atom stereocenters. The van der Waals surface area contributed by atoms with E-state index in [2.05, 4.69) is 41.5 Å². The summed E-state index contributed by atoms with van der Waals surface area (Å²) in [5, 5.41) is 19.5. The molecule has 0 aromatic heterocycles. The highest BCUT2D eigenvalue weighted by Crippen LogP contribution is 2.41. The highest BCUT2D eigenvalue weighted by Gasteiger charge is 2.28. The van der Waals surface area contributed by atoms with Gasteiger partial charge in [0.1, 0.15) is 12.4 Å². The largest absolute Gasteiger partial charge is 0.507 e. The van der Waals surface area contributed by atoms with Crippen molar-refractivity contribution in [3.8, 4) is 5.75 Å². The number of rotatable bonds is 7. The van der Waals surface area contributed by atoms with Crippen LogP contribution in [0.15, 0.2) is 12.1 Å². The Morgan fingerprint density at radius 3 is 2.21 bits per heavy atom. The molecule has 0 radical (unpaired) electrons. The Morgan fingerprint density at radius 1 is 1.12 bits per heavy atom. The van der Waals surface area contributed by atoms with Crippen LogP contribution in [-0.2, 0) is 26.8 Å². The van der Waals surface area contributed by atoms with Gasteiger partial charge in [-0.25, -0.2) is 0 Å². The first-order valence-corrected chi connectivity index (χ1v) is 8.66. The maximum atomic E-state index is 11.7. The van der Waals surface area contributed by atoms with E-state index in [1.54, 1.807) is 0 Å². The van der Waals surface area contributed by atoms with Crippen molar-refractivity contribution in [2.45, 2.75) is 71.6 Å². The van der Waals surface area contributed by atoms with Crippen LogP contribution in [0.2, 0.25) is 0 Å². The molecule has 0 saturated heterocycles. The summed E-state index contributed by atoms with van der Waals surface area (Å²) in [6, 6.07) is 4.00. The van der Waals surface area contributed by atoms with Crippen molar-refractivity contribution in [3.63, 3.8) is 0 Å². The number of aliphatic hydroxyl groups excluding tert-OH is 1. The highest BCUT2D eigenvalue weighted by molar-refractivity contribution is 5.69. The van der Waals surface area contributed by atoms with Gasteiger partial charge in [0.15, 0.2) is 0 Å². The molecule has 0 amide bonds.